The largest absolute Gasteiger partial charge is 0.340 e. The Balaban J connectivity index is 1.54. The molecule has 0 bridgehead atoms. The standard InChI is InChI=1S/C25H26FN5/c1-17(2)12-21-6-4-5-7-23(21)29-24-13-18(3)30-31(24)16-19-8-10-20(11-9-19)25-27-14-22(26)15-28-25/h4-11,13-15,17,29H,12,16H2,1-3H3. The van der Waals surface area contributed by atoms with Crippen LogP contribution >= 0.6 is 0 Å². The summed E-state index contributed by atoms with van der Waals surface area (Å²) in [5.41, 5.74) is 5.32. The monoisotopic (exact) mass is 415 g/mol. The zero-order valence-electron chi connectivity index (χ0n) is 18.0. The van der Waals surface area contributed by atoms with E-state index in [2.05, 4.69) is 64.6 Å². The number of rotatable bonds is 7. The number of nitrogens with one attached hydrogen (secondary N) is 1. The first-order valence-corrected chi connectivity index (χ1v) is 10.4. The molecule has 0 atom stereocenters. The number of aryl methyl sites for hydroxylation is 1. The number of hydrogen-bond donors (Lipinski definition) is 1. The molecular weight excluding hydrogens is 389 g/mol. The van der Waals surface area contributed by atoms with Gasteiger partial charge in [-0.2, -0.15) is 5.10 Å². The maximum Gasteiger partial charge on any atom is 0.159 e. The van der Waals surface area contributed by atoms with Crippen LogP contribution in [-0.2, 0) is 13.0 Å². The van der Waals surface area contributed by atoms with E-state index in [1.807, 2.05) is 35.9 Å². The number of anilines is 2. The SMILES string of the molecule is Cc1cc(Nc2ccccc2CC(C)C)n(Cc2ccc(-c3ncc(F)cn3)cc2)n1. The second-order valence-corrected chi connectivity index (χ2v) is 8.13. The quantitative estimate of drug-likeness (QED) is 0.416. The third-order valence-corrected chi connectivity index (χ3v) is 4.98. The van der Waals surface area contributed by atoms with Crippen LogP contribution in [0.3, 0.4) is 0 Å². The van der Waals surface area contributed by atoms with E-state index in [0.717, 1.165) is 34.7 Å². The third-order valence-electron chi connectivity index (χ3n) is 4.98. The highest BCUT2D eigenvalue weighted by Gasteiger charge is 2.10. The van der Waals surface area contributed by atoms with Crippen molar-refractivity contribution in [2.75, 3.05) is 5.32 Å². The molecule has 2 aromatic carbocycles. The Hall–Kier alpha value is -3.54. The van der Waals surface area contributed by atoms with Crippen molar-refractivity contribution >= 4 is 11.5 Å². The van der Waals surface area contributed by atoms with E-state index in [-0.39, 0.29) is 0 Å². The van der Waals surface area contributed by atoms with E-state index in [1.165, 1.54) is 18.0 Å². The minimum atomic E-state index is -0.440. The van der Waals surface area contributed by atoms with Gasteiger partial charge in [0.1, 0.15) is 5.82 Å². The summed E-state index contributed by atoms with van der Waals surface area (Å²) in [5, 5.41) is 8.25. The molecule has 5 nitrogen and oxygen atoms in total. The van der Waals surface area contributed by atoms with Crippen molar-refractivity contribution in [1.82, 2.24) is 19.7 Å². The van der Waals surface area contributed by atoms with Gasteiger partial charge in [-0.1, -0.05) is 56.3 Å². The molecule has 4 rings (SSSR count). The molecule has 2 heterocycles. The predicted molar refractivity (Wildman–Crippen MR) is 122 cm³/mol. The summed E-state index contributed by atoms with van der Waals surface area (Å²) in [5.74, 6) is 1.61. The summed E-state index contributed by atoms with van der Waals surface area (Å²) < 4.78 is 15.0. The summed E-state index contributed by atoms with van der Waals surface area (Å²) in [6.07, 6.45) is 3.37. The number of hydrogen-bond acceptors (Lipinski definition) is 4. The van der Waals surface area contributed by atoms with Crippen molar-refractivity contribution in [2.24, 2.45) is 5.92 Å². The lowest BCUT2D eigenvalue weighted by atomic mass is 10.0. The molecule has 1 N–H and O–H groups in total. The van der Waals surface area contributed by atoms with Gasteiger partial charge in [-0.25, -0.2) is 19.0 Å². The van der Waals surface area contributed by atoms with Crippen molar-refractivity contribution < 1.29 is 4.39 Å². The molecule has 2 aromatic heterocycles. The highest BCUT2D eigenvalue weighted by Crippen LogP contribution is 2.25. The summed E-state index contributed by atoms with van der Waals surface area (Å²) >= 11 is 0. The van der Waals surface area contributed by atoms with Crippen LogP contribution in [0.25, 0.3) is 11.4 Å². The van der Waals surface area contributed by atoms with Gasteiger partial charge in [-0.05, 0) is 36.5 Å². The number of aromatic nitrogens is 4. The molecule has 0 aliphatic rings. The minimum absolute atomic E-state index is 0.440. The molecule has 0 spiro atoms. The average Bonchev–Trinajstić information content (AvgIpc) is 3.09. The molecule has 6 heteroatoms. The van der Waals surface area contributed by atoms with Gasteiger partial charge in [0.15, 0.2) is 11.6 Å². The van der Waals surface area contributed by atoms with Gasteiger partial charge < -0.3 is 5.32 Å². The third kappa shape index (κ3) is 5.15. The normalized spacial score (nSPS) is 11.1. The number of para-hydroxylation sites is 1. The fourth-order valence-corrected chi connectivity index (χ4v) is 3.56. The molecule has 0 aliphatic carbocycles. The van der Waals surface area contributed by atoms with Crippen LogP contribution in [0.15, 0.2) is 67.0 Å². The van der Waals surface area contributed by atoms with Gasteiger partial charge in [0.2, 0.25) is 0 Å². The summed E-state index contributed by atoms with van der Waals surface area (Å²) in [7, 11) is 0. The van der Waals surface area contributed by atoms with Crippen LogP contribution in [0.1, 0.15) is 30.7 Å². The molecule has 0 radical (unpaired) electrons. The lowest BCUT2D eigenvalue weighted by Gasteiger charge is -2.15. The van der Waals surface area contributed by atoms with Crippen molar-refractivity contribution in [1.29, 1.82) is 0 Å². The van der Waals surface area contributed by atoms with E-state index in [4.69, 9.17) is 0 Å². The zero-order chi connectivity index (χ0) is 21.8. The Kier molecular flexibility index (Phi) is 6.07. The van der Waals surface area contributed by atoms with Gasteiger partial charge in [-0.3, -0.25) is 0 Å². The summed E-state index contributed by atoms with van der Waals surface area (Å²) in [6, 6.07) is 18.4. The minimum Gasteiger partial charge on any atom is -0.340 e. The van der Waals surface area contributed by atoms with Gasteiger partial charge in [0.25, 0.3) is 0 Å². The molecular formula is C25H26FN5. The number of nitrogens with zero attached hydrogens (tertiary/aromatic N) is 4. The smallest absolute Gasteiger partial charge is 0.159 e. The molecule has 0 unspecified atom stereocenters. The fourth-order valence-electron chi connectivity index (χ4n) is 3.56. The first-order chi connectivity index (χ1) is 15.0. The number of halogens is 1. The van der Waals surface area contributed by atoms with Crippen molar-refractivity contribution in [3.05, 3.63) is 89.6 Å². The fraction of sp³-hybridized carbons (Fsp3) is 0.240. The van der Waals surface area contributed by atoms with Crippen LogP contribution in [0.2, 0.25) is 0 Å². The summed E-state index contributed by atoms with van der Waals surface area (Å²) in [6.45, 7) is 7.08. The maximum absolute atomic E-state index is 13.1. The first-order valence-electron chi connectivity index (χ1n) is 10.4. The predicted octanol–water partition coefficient (Wildman–Crippen LogP) is 5.78. The van der Waals surface area contributed by atoms with E-state index >= 15 is 0 Å². The highest BCUT2D eigenvalue weighted by molar-refractivity contribution is 5.61. The summed E-state index contributed by atoms with van der Waals surface area (Å²) in [4.78, 5) is 8.08. The lowest BCUT2D eigenvalue weighted by Crippen LogP contribution is -2.08. The highest BCUT2D eigenvalue weighted by atomic mass is 19.1. The molecule has 0 fully saturated rings. The van der Waals surface area contributed by atoms with Crippen LogP contribution in [0.4, 0.5) is 15.9 Å². The maximum atomic E-state index is 13.1. The van der Waals surface area contributed by atoms with E-state index in [9.17, 15) is 4.39 Å². The van der Waals surface area contributed by atoms with Gasteiger partial charge in [-0.15, -0.1) is 0 Å². The Labute approximate surface area is 182 Å². The van der Waals surface area contributed by atoms with Crippen LogP contribution in [-0.4, -0.2) is 19.7 Å². The molecule has 0 aliphatic heterocycles. The Bertz CT molecular complexity index is 1150. The molecule has 158 valence electrons. The van der Waals surface area contributed by atoms with Gasteiger partial charge >= 0.3 is 0 Å². The Morgan fingerprint density at radius 3 is 2.42 bits per heavy atom. The van der Waals surface area contributed by atoms with E-state index in [1.54, 1.807) is 0 Å². The lowest BCUT2D eigenvalue weighted by molar-refractivity contribution is 0.614. The number of benzene rings is 2. The van der Waals surface area contributed by atoms with Gasteiger partial charge in [0, 0.05) is 17.3 Å². The zero-order valence-corrected chi connectivity index (χ0v) is 18.0. The van der Waals surface area contributed by atoms with Crippen molar-refractivity contribution in [3.63, 3.8) is 0 Å². The Morgan fingerprint density at radius 2 is 1.71 bits per heavy atom. The molecule has 0 amide bonds. The van der Waals surface area contributed by atoms with E-state index in [0.29, 0.717) is 18.3 Å². The molecule has 4 aromatic rings. The second kappa shape index (κ2) is 9.08. The first kappa shape index (κ1) is 20.7. The van der Waals surface area contributed by atoms with E-state index < -0.39 is 5.82 Å². The van der Waals surface area contributed by atoms with Gasteiger partial charge in [0.05, 0.1) is 24.6 Å². The van der Waals surface area contributed by atoms with Crippen LogP contribution in [0.5, 0.6) is 0 Å². The van der Waals surface area contributed by atoms with Crippen molar-refractivity contribution in [3.8, 4) is 11.4 Å². The Morgan fingerprint density at radius 1 is 1.00 bits per heavy atom. The molecule has 0 saturated heterocycles. The topological polar surface area (TPSA) is 55.6 Å². The molecule has 0 saturated carbocycles. The molecule has 31 heavy (non-hydrogen) atoms. The average molecular weight is 416 g/mol. The van der Waals surface area contributed by atoms with Crippen LogP contribution in [0, 0.1) is 18.7 Å². The second-order valence-electron chi connectivity index (χ2n) is 8.13. The van der Waals surface area contributed by atoms with Crippen molar-refractivity contribution in [2.45, 2.75) is 33.7 Å². The van der Waals surface area contributed by atoms with Crippen LogP contribution < -0.4 is 5.32 Å².